The monoisotopic (exact) mass is 154 g/mol. The molecule has 0 heterocycles. The molecule has 0 amide bonds. The van der Waals surface area contributed by atoms with Crippen molar-refractivity contribution in [1.82, 2.24) is 0 Å². The molecule has 0 N–H and O–H groups in total. The molecule has 0 bridgehead atoms. The fourth-order valence-electron chi connectivity index (χ4n) is 0.546. The van der Waals surface area contributed by atoms with Gasteiger partial charge in [-0.2, -0.15) is 11.8 Å². The first-order chi connectivity index (χ1) is 4.85. The van der Waals surface area contributed by atoms with E-state index in [0.717, 1.165) is 11.5 Å². The minimum absolute atomic E-state index is 1.05. The molecule has 0 unspecified atom stereocenters. The largest absolute Gasteiger partial charge is 0.158 e. The SMILES string of the molecule is C=C/C=C(\C=C)CSCC. The van der Waals surface area contributed by atoms with Gasteiger partial charge in [-0.05, 0) is 11.3 Å². The van der Waals surface area contributed by atoms with E-state index in [1.807, 2.05) is 23.9 Å². The van der Waals surface area contributed by atoms with Gasteiger partial charge < -0.3 is 0 Å². The average Bonchev–Trinajstić information content (AvgIpc) is 1.98. The van der Waals surface area contributed by atoms with Crippen LogP contribution in [0.2, 0.25) is 0 Å². The summed E-state index contributed by atoms with van der Waals surface area (Å²) in [5, 5.41) is 0. The Kier molecular flexibility index (Phi) is 6.40. The van der Waals surface area contributed by atoms with Gasteiger partial charge in [-0.3, -0.25) is 0 Å². The highest BCUT2D eigenvalue weighted by Crippen LogP contribution is 2.07. The molecule has 0 spiro atoms. The first-order valence-corrected chi connectivity index (χ1v) is 4.52. The summed E-state index contributed by atoms with van der Waals surface area (Å²) in [5.74, 6) is 2.20. The summed E-state index contributed by atoms with van der Waals surface area (Å²) in [6.07, 6.45) is 5.67. The predicted octanol–water partition coefficient (Wildman–Crippen LogP) is 3.04. The minimum Gasteiger partial charge on any atom is -0.158 e. The molecule has 0 aromatic heterocycles. The summed E-state index contributed by atoms with van der Waals surface area (Å²) >= 11 is 1.89. The Morgan fingerprint density at radius 3 is 2.60 bits per heavy atom. The molecule has 0 fully saturated rings. The van der Waals surface area contributed by atoms with Crippen molar-refractivity contribution in [3.63, 3.8) is 0 Å². The van der Waals surface area contributed by atoms with Gasteiger partial charge in [0.25, 0.3) is 0 Å². The van der Waals surface area contributed by atoms with Crippen LogP contribution in [0.15, 0.2) is 37.0 Å². The van der Waals surface area contributed by atoms with Crippen LogP contribution in [-0.2, 0) is 0 Å². The zero-order valence-electron chi connectivity index (χ0n) is 6.47. The first kappa shape index (κ1) is 9.57. The van der Waals surface area contributed by atoms with Crippen molar-refractivity contribution in [2.24, 2.45) is 0 Å². The lowest BCUT2D eigenvalue weighted by Crippen LogP contribution is -1.82. The third-order valence-electron chi connectivity index (χ3n) is 1.07. The second-order valence-corrected chi connectivity index (χ2v) is 3.09. The number of hydrogen-bond acceptors (Lipinski definition) is 1. The summed E-state index contributed by atoms with van der Waals surface area (Å²) in [7, 11) is 0. The van der Waals surface area contributed by atoms with E-state index in [0.29, 0.717) is 0 Å². The normalized spacial score (nSPS) is 11.1. The minimum atomic E-state index is 1.05. The third kappa shape index (κ3) is 4.45. The van der Waals surface area contributed by atoms with E-state index in [-0.39, 0.29) is 0 Å². The second-order valence-electron chi connectivity index (χ2n) is 1.82. The van der Waals surface area contributed by atoms with E-state index in [4.69, 9.17) is 0 Å². The standard InChI is InChI=1S/C9H14S/c1-4-7-9(5-2)8-10-6-3/h4-5,7H,1-2,6,8H2,3H3/b9-7+. The van der Waals surface area contributed by atoms with Crippen molar-refractivity contribution in [3.05, 3.63) is 37.0 Å². The Morgan fingerprint density at radius 1 is 1.50 bits per heavy atom. The van der Waals surface area contributed by atoms with Crippen LogP contribution >= 0.6 is 11.8 Å². The van der Waals surface area contributed by atoms with Crippen LogP contribution in [0.4, 0.5) is 0 Å². The fraction of sp³-hybridized carbons (Fsp3) is 0.333. The highest BCUT2D eigenvalue weighted by molar-refractivity contribution is 7.99. The highest BCUT2D eigenvalue weighted by atomic mass is 32.2. The summed E-state index contributed by atoms with van der Waals surface area (Å²) in [6.45, 7) is 9.48. The van der Waals surface area contributed by atoms with E-state index >= 15 is 0 Å². The third-order valence-corrected chi connectivity index (χ3v) is 2.01. The Balaban J connectivity index is 3.70. The maximum absolute atomic E-state index is 3.70. The summed E-state index contributed by atoms with van der Waals surface area (Å²) in [4.78, 5) is 0. The van der Waals surface area contributed by atoms with Gasteiger partial charge in [0.2, 0.25) is 0 Å². The summed E-state index contributed by atoms with van der Waals surface area (Å²) in [5.41, 5.74) is 1.25. The molecule has 0 rings (SSSR count). The number of rotatable bonds is 5. The van der Waals surface area contributed by atoms with Gasteiger partial charge in [0.1, 0.15) is 0 Å². The van der Waals surface area contributed by atoms with Gasteiger partial charge in [-0.25, -0.2) is 0 Å². The van der Waals surface area contributed by atoms with Crippen molar-refractivity contribution in [2.45, 2.75) is 6.92 Å². The van der Waals surface area contributed by atoms with Crippen molar-refractivity contribution < 1.29 is 0 Å². The molecule has 1 heteroatoms. The van der Waals surface area contributed by atoms with E-state index in [1.165, 1.54) is 5.57 Å². The molecular weight excluding hydrogens is 140 g/mol. The van der Waals surface area contributed by atoms with Gasteiger partial charge in [-0.1, -0.05) is 38.3 Å². The van der Waals surface area contributed by atoms with E-state index in [2.05, 4.69) is 20.1 Å². The number of thioether (sulfide) groups is 1. The Morgan fingerprint density at radius 2 is 2.20 bits per heavy atom. The zero-order valence-corrected chi connectivity index (χ0v) is 7.29. The van der Waals surface area contributed by atoms with Crippen LogP contribution in [0.25, 0.3) is 0 Å². The Labute approximate surface area is 67.7 Å². The van der Waals surface area contributed by atoms with Gasteiger partial charge in [0.15, 0.2) is 0 Å². The van der Waals surface area contributed by atoms with Gasteiger partial charge in [0, 0.05) is 5.75 Å². The van der Waals surface area contributed by atoms with Crippen molar-refractivity contribution >= 4 is 11.8 Å². The quantitative estimate of drug-likeness (QED) is 0.548. The number of allylic oxidation sites excluding steroid dienone is 3. The molecule has 0 saturated carbocycles. The molecule has 0 nitrogen and oxygen atoms in total. The molecule has 10 heavy (non-hydrogen) atoms. The molecular formula is C9H14S. The zero-order chi connectivity index (χ0) is 7.82. The molecule has 0 aromatic carbocycles. The molecule has 0 atom stereocenters. The van der Waals surface area contributed by atoms with Crippen LogP contribution in [-0.4, -0.2) is 11.5 Å². The van der Waals surface area contributed by atoms with E-state index < -0.39 is 0 Å². The van der Waals surface area contributed by atoms with Crippen molar-refractivity contribution in [1.29, 1.82) is 0 Å². The maximum atomic E-state index is 3.70. The van der Waals surface area contributed by atoms with E-state index in [9.17, 15) is 0 Å². The average molecular weight is 154 g/mol. The number of hydrogen-bond donors (Lipinski definition) is 0. The molecule has 0 aliphatic carbocycles. The summed E-state index contributed by atoms with van der Waals surface area (Å²) < 4.78 is 0. The lowest BCUT2D eigenvalue weighted by molar-refractivity contribution is 1.48. The van der Waals surface area contributed by atoms with Crippen LogP contribution < -0.4 is 0 Å². The smallest absolute Gasteiger partial charge is 0.0184 e. The lowest BCUT2D eigenvalue weighted by Gasteiger charge is -1.96. The van der Waals surface area contributed by atoms with Crippen LogP contribution in [0.5, 0.6) is 0 Å². The topological polar surface area (TPSA) is 0 Å². The maximum Gasteiger partial charge on any atom is 0.0184 e. The molecule has 0 radical (unpaired) electrons. The summed E-state index contributed by atoms with van der Waals surface area (Å²) in [6, 6.07) is 0. The van der Waals surface area contributed by atoms with Crippen LogP contribution in [0, 0.1) is 0 Å². The van der Waals surface area contributed by atoms with Gasteiger partial charge in [0.05, 0.1) is 0 Å². The first-order valence-electron chi connectivity index (χ1n) is 3.37. The molecule has 0 aromatic rings. The van der Waals surface area contributed by atoms with Gasteiger partial charge in [-0.15, -0.1) is 0 Å². The second kappa shape index (κ2) is 6.69. The van der Waals surface area contributed by atoms with Gasteiger partial charge >= 0.3 is 0 Å². The fourth-order valence-corrected chi connectivity index (χ4v) is 1.20. The Hall–Kier alpha value is -0.430. The van der Waals surface area contributed by atoms with Crippen molar-refractivity contribution in [2.75, 3.05) is 11.5 Å². The van der Waals surface area contributed by atoms with Crippen LogP contribution in [0.1, 0.15) is 6.92 Å². The van der Waals surface area contributed by atoms with E-state index in [1.54, 1.807) is 6.08 Å². The molecule has 0 aliphatic heterocycles. The molecule has 56 valence electrons. The van der Waals surface area contributed by atoms with Crippen LogP contribution in [0.3, 0.4) is 0 Å². The Bertz CT molecular complexity index is 134. The molecule has 0 saturated heterocycles. The predicted molar refractivity (Wildman–Crippen MR) is 51.5 cm³/mol. The van der Waals surface area contributed by atoms with Crippen molar-refractivity contribution in [3.8, 4) is 0 Å². The molecule has 0 aliphatic rings. The lowest BCUT2D eigenvalue weighted by atomic mass is 10.3. The highest BCUT2D eigenvalue weighted by Gasteiger charge is 1.87.